The summed E-state index contributed by atoms with van der Waals surface area (Å²) in [5.74, 6) is -0.202. The molecule has 4 N–H and O–H groups in total. The van der Waals surface area contributed by atoms with E-state index in [0.717, 1.165) is 19.4 Å². The van der Waals surface area contributed by atoms with Gasteiger partial charge >= 0.3 is 0 Å². The lowest BCUT2D eigenvalue weighted by Gasteiger charge is -2.05. The number of carbonyl (C=O) groups is 2. The minimum Gasteiger partial charge on any atom is -0.370 e. The topological polar surface area (TPSA) is 84.2 Å². The van der Waals surface area contributed by atoms with E-state index >= 15 is 0 Å². The fourth-order valence-electron chi connectivity index (χ4n) is 1.42. The van der Waals surface area contributed by atoms with E-state index in [0.29, 0.717) is 25.4 Å². The molecule has 0 unspecified atom stereocenters. The van der Waals surface area contributed by atoms with Crippen molar-refractivity contribution in [3.63, 3.8) is 0 Å². The van der Waals surface area contributed by atoms with Gasteiger partial charge in [-0.3, -0.25) is 9.59 Å². The number of primary amides is 1. The first-order valence-corrected chi connectivity index (χ1v) is 5.97. The first-order chi connectivity index (χ1) is 7.68. The van der Waals surface area contributed by atoms with Crippen LogP contribution in [0.25, 0.3) is 0 Å². The van der Waals surface area contributed by atoms with Crippen molar-refractivity contribution in [1.29, 1.82) is 0 Å². The quantitative estimate of drug-likeness (QED) is 0.481. The molecule has 0 radical (unpaired) electrons. The van der Waals surface area contributed by atoms with Crippen LogP contribution in [0, 0.1) is 0 Å². The van der Waals surface area contributed by atoms with Gasteiger partial charge in [0.05, 0.1) is 0 Å². The second-order valence-corrected chi connectivity index (χ2v) is 4.25. The lowest BCUT2D eigenvalue weighted by atomic mass is 10.2. The molecule has 2 amide bonds. The predicted molar refractivity (Wildman–Crippen MR) is 61.7 cm³/mol. The maximum atomic E-state index is 11.3. The Labute approximate surface area is 96.1 Å². The first kappa shape index (κ1) is 13.0. The number of carbonyl (C=O) groups excluding carboxylic acids is 2. The lowest BCUT2D eigenvalue weighted by Crippen LogP contribution is -2.29. The van der Waals surface area contributed by atoms with Gasteiger partial charge in [0.25, 0.3) is 0 Å². The number of nitrogens with one attached hydrogen (secondary N) is 2. The Morgan fingerprint density at radius 1 is 1.12 bits per heavy atom. The third-order valence-corrected chi connectivity index (χ3v) is 2.53. The van der Waals surface area contributed by atoms with Crippen LogP contribution in [0.15, 0.2) is 0 Å². The van der Waals surface area contributed by atoms with E-state index in [2.05, 4.69) is 10.6 Å². The normalized spacial score (nSPS) is 14.8. The maximum Gasteiger partial charge on any atom is 0.221 e. The van der Waals surface area contributed by atoms with E-state index in [1.54, 1.807) is 0 Å². The maximum absolute atomic E-state index is 11.3. The number of amides is 2. The van der Waals surface area contributed by atoms with Crippen LogP contribution >= 0.6 is 0 Å². The molecule has 1 aliphatic carbocycles. The molecule has 0 heterocycles. The van der Waals surface area contributed by atoms with Crippen molar-refractivity contribution in [2.45, 2.75) is 44.6 Å². The van der Waals surface area contributed by atoms with Crippen LogP contribution in [0.2, 0.25) is 0 Å². The molecule has 1 fully saturated rings. The SMILES string of the molecule is NC(=O)CCCCNC(=O)CCNC1CC1. The third kappa shape index (κ3) is 7.23. The van der Waals surface area contributed by atoms with Gasteiger partial charge in [-0.05, 0) is 25.7 Å². The molecule has 16 heavy (non-hydrogen) atoms. The van der Waals surface area contributed by atoms with Crippen LogP contribution in [0.5, 0.6) is 0 Å². The van der Waals surface area contributed by atoms with Gasteiger partial charge < -0.3 is 16.4 Å². The number of rotatable bonds is 9. The summed E-state index contributed by atoms with van der Waals surface area (Å²) >= 11 is 0. The summed E-state index contributed by atoms with van der Waals surface area (Å²) in [4.78, 5) is 21.7. The van der Waals surface area contributed by atoms with E-state index in [9.17, 15) is 9.59 Å². The molecule has 0 saturated heterocycles. The minimum absolute atomic E-state index is 0.0761. The molecule has 0 aromatic heterocycles. The Morgan fingerprint density at radius 2 is 1.88 bits per heavy atom. The van der Waals surface area contributed by atoms with Crippen molar-refractivity contribution in [2.24, 2.45) is 5.73 Å². The molecule has 0 aromatic carbocycles. The van der Waals surface area contributed by atoms with Crippen LogP contribution in [0.3, 0.4) is 0 Å². The summed E-state index contributed by atoms with van der Waals surface area (Å²) < 4.78 is 0. The zero-order valence-electron chi connectivity index (χ0n) is 9.63. The second-order valence-electron chi connectivity index (χ2n) is 4.25. The summed E-state index contributed by atoms with van der Waals surface area (Å²) in [5, 5.41) is 6.10. The molecule has 92 valence electrons. The summed E-state index contributed by atoms with van der Waals surface area (Å²) in [6.45, 7) is 1.40. The molecule has 0 spiro atoms. The van der Waals surface area contributed by atoms with Gasteiger partial charge in [0.2, 0.25) is 11.8 Å². The minimum atomic E-state index is -0.278. The average molecular weight is 227 g/mol. The monoisotopic (exact) mass is 227 g/mol. The van der Waals surface area contributed by atoms with Gasteiger partial charge in [-0.2, -0.15) is 0 Å². The standard InChI is InChI=1S/C11H21N3O2/c12-10(15)3-1-2-7-14-11(16)6-8-13-9-4-5-9/h9,13H,1-8H2,(H2,12,15)(H,14,16). The second kappa shape index (κ2) is 7.22. The highest BCUT2D eigenvalue weighted by atomic mass is 16.1. The fraction of sp³-hybridized carbons (Fsp3) is 0.818. The Balaban J connectivity index is 1.83. The molecule has 0 atom stereocenters. The number of hydrogen-bond donors (Lipinski definition) is 3. The van der Waals surface area contributed by atoms with Crippen LogP contribution in [0.1, 0.15) is 38.5 Å². The van der Waals surface area contributed by atoms with Gasteiger partial charge in [-0.25, -0.2) is 0 Å². The molecular formula is C11H21N3O2. The zero-order valence-corrected chi connectivity index (χ0v) is 9.63. The Morgan fingerprint density at radius 3 is 2.50 bits per heavy atom. The van der Waals surface area contributed by atoms with Gasteiger partial charge in [0.1, 0.15) is 0 Å². The van der Waals surface area contributed by atoms with Crippen molar-refractivity contribution in [1.82, 2.24) is 10.6 Å². The van der Waals surface area contributed by atoms with E-state index in [4.69, 9.17) is 5.73 Å². The van der Waals surface area contributed by atoms with Crippen LogP contribution < -0.4 is 16.4 Å². The Bertz CT molecular complexity index is 239. The lowest BCUT2D eigenvalue weighted by molar-refractivity contribution is -0.121. The van der Waals surface area contributed by atoms with E-state index in [1.165, 1.54) is 12.8 Å². The fourth-order valence-corrected chi connectivity index (χ4v) is 1.42. The number of unbranched alkanes of at least 4 members (excludes halogenated alkanes) is 1. The van der Waals surface area contributed by atoms with Gasteiger partial charge in [0, 0.05) is 32.0 Å². The molecule has 5 heteroatoms. The van der Waals surface area contributed by atoms with Crippen molar-refractivity contribution in [3.05, 3.63) is 0 Å². The summed E-state index contributed by atoms with van der Waals surface area (Å²) in [6, 6.07) is 0.656. The molecule has 1 rings (SSSR count). The van der Waals surface area contributed by atoms with Gasteiger partial charge in [-0.15, -0.1) is 0 Å². The van der Waals surface area contributed by atoms with E-state index in [-0.39, 0.29) is 11.8 Å². The molecule has 1 saturated carbocycles. The molecule has 0 aromatic rings. The van der Waals surface area contributed by atoms with Gasteiger partial charge in [-0.1, -0.05) is 0 Å². The van der Waals surface area contributed by atoms with Crippen LogP contribution in [-0.2, 0) is 9.59 Å². The predicted octanol–water partition coefficient (Wildman–Crippen LogP) is -0.0997. The molecule has 0 aliphatic heterocycles. The number of hydrogen-bond acceptors (Lipinski definition) is 3. The van der Waals surface area contributed by atoms with Crippen molar-refractivity contribution < 1.29 is 9.59 Å². The van der Waals surface area contributed by atoms with Crippen molar-refractivity contribution >= 4 is 11.8 Å². The highest BCUT2D eigenvalue weighted by molar-refractivity contribution is 5.76. The largest absolute Gasteiger partial charge is 0.370 e. The van der Waals surface area contributed by atoms with E-state index in [1.807, 2.05) is 0 Å². The summed E-state index contributed by atoms with van der Waals surface area (Å²) in [5.41, 5.74) is 5.00. The van der Waals surface area contributed by atoms with Crippen molar-refractivity contribution in [3.8, 4) is 0 Å². The molecule has 5 nitrogen and oxygen atoms in total. The molecule has 1 aliphatic rings. The first-order valence-electron chi connectivity index (χ1n) is 5.97. The van der Waals surface area contributed by atoms with Crippen molar-refractivity contribution in [2.75, 3.05) is 13.1 Å². The zero-order chi connectivity index (χ0) is 11.8. The third-order valence-electron chi connectivity index (χ3n) is 2.53. The number of nitrogens with two attached hydrogens (primary N) is 1. The average Bonchev–Trinajstić information content (AvgIpc) is 3.00. The highest BCUT2D eigenvalue weighted by Gasteiger charge is 2.19. The molecule has 0 bridgehead atoms. The van der Waals surface area contributed by atoms with Crippen LogP contribution in [0.4, 0.5) is 0 Å². The smallest absolute Gasteiger partial charge is 0.221 e. The van der Waals surface area contributed by atoms with E-state index < -0.39 is 0 Å². The summed E-state index contributed by atoms with van der Waals surface area (Å²) in [7, 11) is 0. The van der Waals surface area contributed by atoms with Crippen LogP contribution in [-0.4, -0.2) is 30.9 Å². The Hall–Kier alpha value is -1.10. The van der Waals surface area contributed by atoms with Gasteiger partial charge in [0.15, 0.2) is 0 Å². The summed E-state index contributed by atoms with van der Waals surface area (Å²) in [6.07, 6.45) is 4.98. The molecular weight excluding hydrogens is 206 g/mol. The highest BCUT2D eigenvalue weighted by Crippen LogP contribution is 2.18. The Kier molecular flexibility index (Phi) is 5.85.